The minimum Gasteiger partial charge on any atom is -0.290 e. The minimum atomic E-state index is -3.73. The molecule has 0 saturated heterocycles. The summed E-state index contributed by atoms with van der Waals surface area (Å²) in [6.07, 6.45) is 3.61. The summed E-state index contributed by atoms with van der Waals surface area (Å²) in [4.78, 5) is 27.5. The van der Waals surface area contributed by atoms with Gasteiger partial charge >= 0.3 is 0 Å². The summed E-state index contributed by atoms with van der Waals surface area (Å²) in [6, 6.07) is 9.39. The molecule has 0 atom stereocenters. The Morgan fingerprint density at radius 1 is 1.12 bits per heavy atom. The van der Waals surface area contributed by atoms with Gasteiger partial charge in [-0.2, -0.15) is 0 Å². The van der Waals surface area contributed by atoms with E-state index in [1.165, 1.54) is 36.9 Å². The van der Waals surface area contributed by atoms with Crippen molar-refractivity contribution < 1.29 is 18.0 Å². The third kappa shape index (κ3) is 3.01. The topological polar surface area (TPSA) is 115 Å². The molecule has 122 valence electrons. The first-order valence-corrected chi connectivity index (χ1v) is 8.33. The van der Waals surface area contributed by atoms with Crippen molar-refractivity contribution in [3.05, 3.63) is 66.5 Å². The monoisotopic (exact) mass is 344 g/mol. The quantitative estimate of drug-likeness (QED) is 0.523. The second-order valence-corrected chi connectivity index (χ2v) is 6.76. The number of ketones is 2. The molecule has 0 spiro atoms. The number of rotatable bonds is 6. The van der Waals surface area contributed by atoms with Crippen molar-refractivity contribution in [3.63, 3.8) is 0 Å². The third-order valence-electron chi connectivity index (χ3n) is 3.28. The van der Waals surface area contributed by atoms with Crippen LogP contribution in [-0.2, 0) is 21.2 Å². The molecule has 1 N–H and O–H groups in total. The van der Waals surface area contributed by atoms with Crippen molar-refractivity contribution >= 4 is 21.6 Å². The Kier molecular flexibility index (Phi) is 4.09. The number of nitrogens with zero attached hydrogens (tertiary/aromatic N) is 3. The van der Waals surface area contributed by atoms with Crippen LogP contribution in [0.25, 0.3) is 0 Å². The lowest BCUT2D eigenvalue weighted by atomic mass is 10.1. The second kappa shape index (κ2) is 6.20. The molecule has 0 amide bonds. The van der Waals surface area contributed by atoms with Crippen molar-refractivity contribution in [2.75, 3.05) is 0 Å². The van der Waals surface area contributed by atoms with E-state index in [0.717, 1.165) is 3.97 Å². The number of H-pyrrole nitrogens is 1. The molecule has 8 nitrogen and oxygen atoms in total. The summed E-state index contributed by atoms with van der Waals surface area (Å²) in [5.74, 6) is -1.75. The third-order valence-corrected chi connectivity index (χ3v) is 4.93. The van der Waals surface area contributed by atoms with Gasteiger partial charge in [-0.05, 0) is 23.8 Å². The molecule has 0 bridgehead atoms. The zero-order valence-corrected chi connectivity index (χ0v) is 13.1. The van der Waals surface area contributed by atoms with Crippen LogP contribution >= 0.6 is 0 Å². The Bertz CT molecular complexity index is 976. The maximum Gasteiger partial charge on any atom is 0.267 e. The zero-order valence-electron chi connectivity index (χ0n) is 12.3. The Hall–Kier alpha value is -3.07. The molecule has 0 aliphatic heterocycles. The van der Waals surface area contributed by atoms with Crippen LogP contribution in [-0.4, -0.2) is 39.1 Å². The van der Waals surface area contributed by atoms with Gasteiger partial charge in [0.25, 0.3) is 15.8 Å². The highest BCUT2D eigenvalue weighted by Crippen LogP contribution is 2.15. The highest BCUT2D eigenvalue weighted by molar-refractivity contribution is 7.90. The summed E-state index contributed by atoms with van der Waals surface area (Å²) < 4.78 is 25.9. The van der Waals surface area contributed by atoms with Crippen molar-refractivity contribution in [2.45, 2.75) is 11.3 Å². The fourth-order valence-corrected chi connectivity index (χ4v) is 3.34. The van der Waals surface area contributed by atoms with Gasteiger partial charge in [0.1, 0.15) is 6.33 Å². The molecule has 3 aromatic rings. The number of benzene rings is 1. The molecule has 0 radical (unpaired) electrons. The van der Waals surface area contributed by atoms with Gasteiger partial charge in [0.15, 0.2) is 0 Å². The molecule has 2 aromatic heterocycles. The van der Waals surface area contributed by atoms with Crippen LogP contribution in [0.5, 0.6) is 0 Å². The normalized spacial score (nSPS) is 11.3. The summed E-state index contributed by atoms with van der Waals surface area (Å²) in [6.45, 7) is 0. The van der Waals surface area contributed by atoms with Crippen LogP contribution in [0.15, 0.2) is 60.0 Å². The first-order valence-electron chi connectivity index (χ1n) is 6.89. The van der Waals surface area contributed by atoms with Crippen molar-refractivity contribution in [1.29, 1.82) is 0 Å². The summed E-state index contributed by atoms with van der Waals surface area (Å²) >= 11 is 0. The van der Waals surface area contributed by atoms with Crippen molar-refractivity contribution in [2.24, 2.45) is 0 Å². The number of Topliss-reactive ketones (excluding diaryl/α,β-unsaturated/α-hetero) is 2. The van der Waals surface area contributed by atoms with Crippen molar-refractivity contribution in [1.82, 2.24) is 19.2 Å². The van der Waals surface area contributed by atoms with Crippen LogP contribution < -0.4 is 0 Å². The predicted octanol–water partition coefficient (Wildman–Crippen LogP) is 0.838. The van der Waals surface area contributed by atoms with E-state index in [-0.39, 0.29) is 17.1 Å². The standard InChI is InChI=1S/C15H12N4O4S/c20-13(14(21)15-16-10-17-18-15)8-11-6-7-19(9-11)24(22,23)12-4-2-1-3-5-12/h1-7,9-10H,8H2,(H,16,17,18). The Morgan fingerprint density at radius 3 is 2.54 bits per heavy atom. The van der Waals surface area contributed by atoms with Gasteiger partial charge in [-0.3, -0.25) is 14.7 Å². The van der Waals surface area contributed by atoms with Crippen LogP contribution in [0, 0.1) is 0 Å². The average Bonchev–Trinajstić information content (AvgIpc) is 3.27. The molecule has 0 unspecified atom stereocenters. The average molecular weight is 344 g/mol. The van der Waals surface area contributed by atoms with E-state index in [9.17, 15) is 18.0 Å². The number of carbonyl (C=O) groups excluding carboxylic acids is 2. The summed E-state index contributed by atoms with van der Waals surface area (Å²) in [5, 5.41) is 5.91. The molecule has 0 fully saturated rings. The first kappa shape index (κ1) is 15.8. The maximum atomic E-state index is 12.4. The lowest BCUT2D eigenvalue weighted by Crippen LogP contribution is -2.18. The van der Waals surface area contributed by atoms with Crippen LogP contribution in [0.2, 0.25) is 0 Å². The second-order valence-electron chi connectivity index (χ2n) is 4.92. The highest BCUT2D eigenvalue weighted by Gasteiger charge is 2.22. The van der Waals surface area contributed by atoms with Gasteiger partial charge in [-0.15, -0.1) is 5.10 Å². The number of carbonyl (C=O) groups is 2. The SMILES string of the molecule is O=C(Cc1ccn(S(=O)(=O)c2ccccc2)c1)C(=O)c1nc[nH]n1. The molecule has 2 heterocycles. The van der Waals surface area contributed by atoms with E-state index in [4.69, 9.17) is 0 Å². The molecule has 1 aromatic carbocycles. The first-order chi connectivity index (χ1) is 11.5. The smallest absolute Gasteiger partial charge is 0.267 e. The van der Waals surface area contributed by atoms with E-state index in [0.29, 0.717) is 5.56 Å². The largest absolute Gasteiger partial charge is 0.290 e. The number of hydrogen-bond acceptors (Lipinski definition) is 6. The lowest BCUT2D eigenvalue weighted by Gasteiger charge is -2.04. The molecule has 9 heteroatoms. The molecular weight excluding hydrogens is 332 g/mol. The zero-order chi connectivity index (χ0) is 17.2. The van der Waals surface area contributed by atoms with E-state index < -0.39 is 21.6 Å². The number of nitrogens with one attached hydrogen (secondary N) is 1. The fraction of sp³-hybridized carbons (Fsp3) is 0.0667. The van der Waals surface area contributed by atoms with Crippen LogP contribution in [0.3, 0.4) is 0 Å². The summed E-state index contributed by atoms with van der Waals surface area (Å²) in [7, 11) is -3.73. The van der Waals surface area contributed by atoms with Crippen LogP contribution in [0.4, 0.5) is 0 Å². The van der Waals surface area contributed by atoms with Gasteiger partial charge in [0, 0.05) is 18.8 Å². The Morgan fingerprint density at radius 2 is 1.88 bits per heavy atom. The molecule has 0 aliphatic carbocycles. The van der Waals surface area contributed by atoms with E-state index in [1.807, 2.05) is 0 Å². The van der Waals surface area contributed by atoms with Gasteiger partial charge in [0.05, 0.1) is 4.90 Å². The van der Waals surface area contributed by atoms with Crippen molar-refractivity contribution in [3.8, 4) is 0 Å². The summed E-state index contributed by atoms with van der Waals surface area (Å²) in [5.41, 5.74) is 0.406. The van der Waals surface area contributed by atoms with E-state index in [2.05, 4.69) is 15.2 Å². The highest BCUT2D eigenvalue weighted by atomic mass is 32.2. The molecule has 3 rings (SSSR count). The number of hydrogen-bond donors (Lipinski definition) is 1. The number of aromatic nitrogens is 4. The Labute approximate surface area is 137 Å². The molecule has 24 heavy (non-hydrogen) atoms. The Balaban J connectivity index is 1.79. The minimum absolute atomic E-state index is 0.135. The van der Waals surface area contributed by atoms with E-state index >= 15 is 0 Å². The van der Waals surface area contributed by atoms with Gasteiger partial charge in [-0.1, -0.05) is 18.2 Å². The van der Waals surface area contributed by atoms with Gasteiger partial charge in [0.2, 0.25) is 11.6 Å². The van der Waals surface area contributed by atoms with Gasteiger partial charge < -0.3 is 0 Å². The molecular formula is C15H12N4O4S. The fourth-order valence-electron chi connectivity index (χ4n) is 2.10. The number of aromatic amines is 1. The molecule has 0 saturated carbocycles. The molecule has 0 aliphatic rings. The van der Waals surface area contributed by atoms with Crippen LogP contribution in [0.1, 0.15) is 16.2 Å². The van der Waals surface area contributed by atoms with E-state index in [1.54, 1.807) is 18.2 Å². The predicted molar refractivity (Wildman–Crippen MR) is 82.9 cm³/mol. The lowest BCUT2D eigenvalue weighted by molar-refractivity contribution is -0.114. The maximum absolute atomic E-state index is 12.4. The van der Waals surface area contributed by atoms with Gasteiger partial charge in [-0.25, -0.2) is 17.4 Å².